The molecule has 7 heteroatoms. The number of nitrogens with zero attached hydrogens (tertiary/aromatic N) is 1. The second-order valence-corrected chi connectivity index (χ2v) is 4.27. The van der Waals surface area contributed by atoms with Crippen LogP contribution in [0.1, 0.15) is 5.56 Å². The van der Waals surface area contributed by atoms with E-state index in [4.69, 9.17) is 9.47 Å². The van der Waals surface area contributed by atoms with Gasteiger partial charge in [0.25, 0.3) is 0 Å². The van der Waals surface area contributed by atoms with Gasteiger partial charge >= 0.3 is 6.03 Å². The van der Waals surface area contributed by atoms with Crippen LogP contribution in [0.25, 0.3) is 0 Å². The number of nitrogens with one attached hydrogen (secondary N) is 3. The van der Waals surface area contributed by atoms with Gasteiger partial charge in [-0.3, -0.25) is 5.10 Å². The molecule has 0 saturated carbocycles. The average molecular weight is 274 g/mol. The summed E-state index contributed by atoms with van der Waals surface area (Å²) in [6.45, 7) is 1.52. The first-order valence-electron chi connectivity index (χ1n) is 6.23. The van der Waals surface area contributed by atoms with Gasteiger partial charge in [0.1, 0.15) is 13.2 Å². The van der Waals surface area contributed by atoms with Gasteiger partial charge in [-0.15, -0.1) is 0 Å². The molecular weight excluding hydrogens is 260 g/mol. The van der Waals surface area contributed by atoms with Crippen molar-refractivity contribution in [1.82, 2.24) is 15.5 Å². The summed E-state index contributed by atoms with van der Waals surface area (Å²) in [4.78, 5) is 11.7. The molecule has 0 atom stereocenters. The lowest BCUT2D eigenvalue weighted by atomic mass is 10.2. The summed E-state index contributed by atoms with van der Waals surface area (Å²) >= 11 is 0. The molecule has 7 nitrogen and oxygen atoms in total. The van der Waals surface area contributed by atoms with E-state index in [1.54, 1.807) is 6.20 Å². The summed E-state index contributed by atoms with van der Waals surface area (Å²) in [6.07, 6.45) is 3.13. The van der Waals surface area contributed by atoms with Crippen molar-refractivity contribution in [2.24, 2.45) is 0 Å². The van der Waals surface area contributed by atoms with Crippen LogP contribution in [0.4, 0.5) is 10.5 Å². The van der Waals surface area contributed by atoms with Crippen molar-refractivity contribution in [2.75, 3.05) is 18.5 Å². The average Bonchev–Trinajstić information content (AvgIpc) is 2.98. The van der Waals surface area contributed by atoms with Crippen LogP contribution < -0.4 is 20.1 Å². The van der Waals surface area contributed by atoms with Gasteiger partial charge in [0.05, 0.1) is 11.9 Å². The second-order valence-electron chi connectivity index (χ2n) is 4.27. The predicted molar refractivity (Wildman–Crippen MR) is 71.9 cm³/mol. The van der Waals surface area contributed by atoms with Crippen LogP contribution in [0.15, 0.2) is 30.6 Å². The normalized spacial score (nSPS) is 12.8. The van der Waals surface area contributed by atoms with Gasteiger partial charge in [-0.1, -0.05) is 6.07 Å². The Morgan fingerprint density at radius 1 is 1.30 bits per heavy atom. The molecule has 0 bridgehead atoms. The zero-order valence-electron chi connectivity index (χ0n) is 10.7. The Morgan fingerprint density at radius 2 is 2.15 bits per heavy atom. The number of aromatic amines is 1. The quantitative estimate of drug-likeness (QED) is 0.791. The Bertz CT molecular complexity index is 598. The first-order chi connectivity index (χ1) is 9.81. The molecule has 1 aromatic carbocycles. The molecule has 0 radical (unpaired) electrons. The smallest absolute Gasteiger partial charge is 0.319 e. The molecule has 2 amide bonds. The number of urea groups is 1. The molecule has 0 unspecified atom stereocenters. The van der Waals surface area contributed by atoms with E-state index in [0.29, 0.717) is 31.2 Å². The van der Waals surface area contributed by atoms with Crippen molar-refractivity contribution in [2.45, 2.75) is 6.54 Å². The molecule has 20 heavy (non-hydrogen) atoms. The molecule has 2 aromatic rings. The number of benzene rings is 1. The molecular formula is C13H14N4O3. The lowest BCUT2D eigenvalue weighted by Crippen LogP contribution is -2.28. The van der Waals surface area contributed by atoms with E-state index in [0.717, 1.165) is 11.3 Å². The molecule has 2 heterocycles. The van der Waals surface area contributed by atoms with Gasteiger partial charge < -0.3 is 20.1 Å². The van der Waals surface area contributed by atoms with Crippen LogP contribution in [0.2, 0.25) is 0 Å². The van der Waals surface area contributed by atoms with E-state index < -0.39 is 0 Å². The van der Waals surface area contributed by atoms with Crippen molar-refractivity contribution in [3.05, 3.63) is 36.2 Å². The predicted octanol–water partition coefficient (Wildman–Crippen LogP) is 1.50. The minimum absolute atomic E-state index is 0.290. The van der Waals surface area contributed by atoms with Crippen LogP contribution >= 0.6 is 0 Å². The van der Waals surface area contributed by atoms with Crippen LogP contribution in [0.3, 0.4) is 0 Å². The summed E-state index contributed by atoms with van der Waals surface area (Å²) < 4.78 is 10.9. The molecule has 3 rings (SSSR count). The number of amides is 2. The van der Waals surface area contributed by atoms with E-state index in [1.165, 1.54) is 6.20 Å². The number of anilines is 1. The summed E-state index contributed by atoms with van der Waals surface area (Å²) in [5.41, 5.74) is 1.56. The van der Waals surface area contributed by atoms with E-state index in [1.807, 2.05) is 18.2 Å². The maximum atomic E-state index is 11.7. The lowest BCUT2D eigenvalue weighted by molar-refractivity contribution is 0.171. The summed E-state index contributed by atoms with van der Waals surface area (Å²) in [6, 6.07) is 5.32. The Labute approximate surface area is 115 Å². The highest BCUT2D eigenvalue weighted by molar-refractivity contribution is 5.88. The van der Waals surface area contributed by atoms with E-state index in [9.17, 15) is 4.79 Å². The van der Waals surface area contributed by atoms with Gasteiger partial charge in [0, 0.05) is 12.7 Å². The van der Waals surface area contributed by atoms with Crippen LogP contribution in [0, 0.1) is 0 Å². The molecule has 3 N–H and O–H groups in total. The molecule has 0 fully saturated rings. The fraction of sp³-hybridized carbons (Fsp3) is 0.231. The Balaban J connectivity index is 1.56. The minimum Gasteiger partial charge on any atom is -0.486 e. The zero-order valence-corrected chi connectivity index (χ0v) is 10.7. The molecule has 0 spiro atoms. The highest BCUT2D eigenvalue weighted by atomic mass is 16.6. The topological polar surface area (TPSA) is 88.3 Å². The molecule has 1 aliphatic heterocycles. The monoisotopic (exact) mass is 274 g/mol. The number of H-pyrrole nitrogens is 1. The number of hydrogen-bond acceptors (Lipinski definition) is 4. The third-order valence-electron chi connectivity index (χ3n) is 2.82. The van der Waals surface area contributed by atoms with Crippen LogP contribution in [-0.2, 0) is 6.54 Å². The van der Waals surface area contributed by atoms with Gasteiger partial charge in [-0.2, -0.15) is 5.10 Å². The number of carbonyl (C=O) groups excluding carboxylic acids is 1. The van der Waals surface area contributed by atoms with Crippen molar-refractivity contribution in [1.29, 1.82) is 0 Å². The lowest BCUT2D eigenvalue weighted by Gasteiger charge is -2.19. The highest BCUT2D eigenvalue weighted by Crippen LogP contribution is 2.30. The van der Waals surface area contributed by atoms with E-state index in [2.05, 4.69) is 20.8 Å². The number of rotatable bonds is 3. The fourth-order valence-electron chi connectivity index (χ4n) is 1.87. The van der Waals surface area contributed by atoms with Crippen molar-refractivity contribution in [3.8, 4) is 11.5 Å². The van der Waals surface area contributed by atoms with Crippen molar-refractivity contribution >= 4 is 11.7 Å². The Hall–Kier alpha value is -2.70. The number of carbonyl (C=O) groups is 1. The fourth-order valence-corrected chi connectivity index (χ4v) is 1.87. The van der Waals surface area contributed by atoms with Gasteiger partial charge in [0.2, 0.25) is 0 Å². The van der Waals surface area contributed by atoms with E-state index >= 15 is 0 Å². The third kappa shape index (κ3) is 2.82. The first-order valence-corrected chi connectivity index (χ1v) is 6.23. The van der Waals surface area contributed by atoms with Gasteiger partial charge in [-0.05, 0) is 17.7 Å². The highest BCUT2D eigenvalue weighted by Gasteiger charge is 2.12. The Kier molecular flexibility index (Phi) is 3.40. The van der Waals surface area contributed by atoms with Gasteiger partial charge in [0.15, 0.2) is 11.5 Å². The van der Waals surface area contributed by atoms with Gasteiger partial charge in [-0.25, -0.2) is 4.79 Å². The number of fused-ring (bicyclic) bond motifs is 1. The number of hydrogen-bond donors (Lipinski definition) is 3. The number of aromatic nitrogens is 2. The summed E-state index contributed by atoms with van der Waals surface area (Å²) in [7, 11) is 0. The molecule has 104 valence electrons. The Morgan fingerprint density at radius 3 is 2.95 bits per heavy atom. The zero-order chi connectivity index (χ0) is 13.8. The maximum absolute atomic E-state index is 11.7. The van der Waals surface area contributed by atoms with Crippen LogP contribution in [0.5, 0.6) is 11.5 Å². The van der Waals surface area contributed by atoms with Crippen molar-refractivity contribution < 1.29 is 14.3 Å². The SMILES string of the molecule is O=C(NCc1ccc2c(c1)OCCO2)Nc1cn[nH]c1. The minimum atomic E-state index is -0.290. The third-order valence-corrected chi connectivity index (χ3v) is 2.82. The molecule has 0 aliphatic carbocycles. The largest absolute Gasteiger partial charge is 0.486 e. The second kappa shape index (κ2) is 5.52. The van der Waals surface area contributed by atoms with Crippen molar-refractivity contribution in [3.63, 3.8) is 0 Å². The molecule has 1 aromatic heterocycles. The van der Waals surface area contributed by atoms with Crippen LogP contribution in [-0.4, -0.2) is 29.4 Å². The summed E-state index contributed by atoms with van der Waals surface area (Å²) in [5, 5.41) is 11.8. The molecule has 1 aliphatic rings. The number of ether oxygens (including phenoxy) is 2. The molecule has 0 saturated heterocycles. The first kappa shape index (κ1) is 12.3. The maximum Gasteiger partial charge on any atom is 0.319 e. The summed E-state index contributed by atoms with van der Waals surface area (Å²) in [5.74, 6) is 1.45. The van der Waals surface area contributed by atoms with E-state index in [-0.39, 0.29) is 6.03 Å². The standard InChI is InChI=1S/C13H14N4O3/c18-13(17-10-7-15-16-8-10)14-6-9-1-2-11-12(5-9)20-4-3-19-11/h1-2,5,7-8H,3-4,6H2,(H,15,16)(H2,14,17,18).